The number of nitrogens with zero attached hydrogens (tertiary/aromatic N) is 6. The Hall–Kier alpha value is -2.13. The topological polar surface area (TPSA) is 78.2 Å². The molecule has 0 bridgehead atoms. The highest BCUT2D eigenvalue weighted by atomic mass is 19.1. The van der Waals surface area contributed by atoms with Crippen molar-refractivity contribution in [2.75, 3.05) is 31.7 Å². The van der Waals surface area contributed by atoms with Gasteiger partial charge in [-0.15, -0.1) is 5.10 Å². The number of halogens is 1. The minimum Gasteiger partial charge on any atom is -0.378 e. The van der Waals surface area contributed by atoms with Crippen LogP contribution in [0.25, 0.3) is 0 Å². The number of aromatic nitrogens is 5. The average Bonchev–Trinajstić information content (AvgIpc) is 3.29. The van der Waals surface area contributed by atoms with E-state index in [-0.39, 0.29) is 18.0 Å². The molecule has 0 N–H and O–H groups in total. The van der Waals surface area contributed by atoms with Crippen molar-refractivity contribution in [1.82, 2.24) is 25.0 Å². The molecule has 1 aliphatic heterocycles. The van der Waals surface area contributed by atoms with Crippen LogP contribution < -0.4 is 4.90 Å². The second kappa shape index (κ2) is 8.19. The van der Waals surface area contributed by atoms with Crippen LogP contribution in [0.5, 0.6) is 0 Å². The molecule has 8 nitrogen and oxygen atoms in total. The summed E-state index contributed by atoms with van der Waals surface area (Å²) in [4.78, 5) is 10.4. The number of hydrogen-bond acceptors (Lipinski definition) is 7. The van der Waals surface area contributed by atoms with Crippen molar-refractivity contribution in [2.24, 2.45) is 17.8 Å². The van der Waals surface area contributed by atoms with Gasteiger partial charge in [0.25, 0.3) is 0 Å². The quantitative estimate of drug-likeness (QED) is 0.686. The Morgan fingerprint density at radius 1 is 1.20 bits per heavy atom. The van der Waals surface area contributed by atoms with Gasteiger partial charge in [0, 0.05) is 26.8 Å². The van der Waals surface area contributed by atoms with Gasteiger partial charge >= 0.3 is 0 Å². The third-order valence-corrected chi connectivity index (χ3v) is 6.66. The first-order valence-corrected chi connectivity index (χ1v) is 10.9. The molecule has 2 aromatic heterocycles. The van der Waals surface area contributed by atoms with Gasteiger partial charge in [-0.05, 0) is 50.4 Å². The normalized spacial score (nSPS) is 28.7. The predicted molar refractivity (Wildman–Crippen MR) is 107 cm³/mol. The number of anilines is 1. The molecule has 0 aromatic carbocycles. The zero-order valence-electron chi connectivity index (χ0n) is 17.6. The Morgan fingerprint density at radius 3 is 2.77 bits per heavy atom. The summed E-state index contributed by atoms with van der Waals surface area (Å²) in [5, 5.41) is 8.63. The smallest absolute Gasteiger partial charge is 0.183 e. The molecule has 3 heterocycles. The minimum atomic E-state index is -0.349. The fourth-order valence-corrected chi connectivity index (χ4v) is 4.92. The van der Waals surface area contributed by atoms with Crippen molar-refractivity contribution in [3.05, 3.63) is 29.7 Å². The van der Waals surface area contributed by atoms with E-state index in [1.165, 1.54) is 19.0 Å². The lowest BCUT2D eigenvalue weighted by Gasteiger charge is -2.37. The molecule has 2 saturated carbocycles. The van der Waals surface area contributed by atoms with E-state index in [2.05, 4.69) is 25.2 Å². The maximum Gasteiger partial charge on any atom is 0.183 e. The third kappa shape index (κ3) is 4.05. The molecule has 0 amide bonds. The van der Waals surface area contributed by atoms with E-state index < -0.39 is 0 Å². The lowest BCUT2D eigenvalue weighted by atomic mass is 9.77. The molecule has 2 aliphatic carbocycles. The van der Waals surface area contributed by atoms with Gasteiger partial charge in [-0.3, -0.25) is 0 Å². The highest BCUT2D eigenvalue weighted by Crippen LogP contribution is 2.44. The molecule has 1 saturated heterocycles. The van der Waals surface area contributed by atoms with Crippen molar-refractivity contribution in [2.45, 2.75) is 51.4 Å². The molecule has 9 heteroatoms. The molecule has 4 atom stereocenters. The summed E-state index contributed by atoms with van der Waals surface area (Å²) in [6.45, 7) is 4.67. The monoisotopic (exact) mass is 416 g/mol. The van der Waals surface area contributed by atoms with Crippen molar-refractivity contribution in [3.8, 4) is 0 Å². The van der Waals surface area contributed by atoms with Crippen molar-refractivity contribution < 1.29 is 13.9 Å². The fourth-order valence-electron chi connectivity index (χ4n) is 4.92. The molecule has 2 aromatic rings. The van der Waals surface area contributed by atoms with Crippen LogP contribution in [-0.4, -0.2) is 57.9 Å². The predicted octanol–water partition coefficient (Wildman–Crippen LogP) is 2.54. The first kappa shape index (κ1) is 19.8. The molecule has 0 spiro atoms. The first-order valence-electron chi connectivity index (χ1n) is 10.9. The van der Waals surface area contributed by atoms with Crippen molar-refractivity contribution in [3.63, 3.8) is 0 Å². The molecule has 0 unspecified atom stereocenters. The molecule has 3 fully saturated rings. The Bertz CT molecular complexity index is 888. The first-order chi connectivity index (χ1) is 14.6. The third-order valence-electron chi connectivity index (χ3n) is 6.66. The largest absolute Gasteiger partial charge is 0.378 e. The zero-order valence-corrected chi connectivity index (χ0v) is 17.6. The standard InChI is InChI=1S/C21H29FN6O2/c1-13-23-7-18(22)21(24-13)27-8-15-5-19(28-10-17(12-29-2)25-26-28)20(6-16(15)9-27)30-11-14-3-4-14/h7,10,14-16,19-20H,3-6,8-9,11-12H2,1-2H3/t15-,16+,19-,20-/m1/s1. The Labute approximate surface area is 175 Å². The van der Waals surface area contributed by atoms with Gasteiger partial charge in [0.1, 0.15) is 11.5 Å². The van der Waals surface area contributed by atoms with Crippen LogP contribution in [0, 0.1) is 30.5 Å². The van der Waals surface area contributed by atoms with Crippen molar-refractivity contribution in [1.29, 1.82) is 0 Å². The van der Waals surface area contributed by atoms with Crippen LogP contribution >= 0.6 is 0 Å². The van der Waals surface area contributed by atoms with Crippen molar-refractivity contribution >= 4 is 5.82 Å². The molecule has 3 aliphatic rings. The number of aryl methyl sites for hydroxylation is 1. The van der Waals surface area contributed by atoms with E-state index in [0.29, 0.717) is 36.0 Å². The van der Waals surface area contributed by atoms with Crippen LogP contribution in [0.2, 0.25) is 0 Å². The molecule has 5 rings (SSSR count). The van der Waals surface area contributed by atoms with E-state index in [1.54, 1.807) is 14.0 Å². The Balaban J connectivity index is 1.35. The summed E-state index contributed by atoms with van der Waals surface area (Å²) >= 11 is 0. The molecular formula is C21H29FN6O2. The molecule has 0 radical (unpaired) electrons. The van der Waals surface area contributed by atoms with Gasteiger partial charge in [-0.1, -0.05) is 5.21 Å². The van der Waals surface area contributed by atoms with E-state index in [0.717, 1.165) is 38.2 Å². The van der Waals surface area contributed by atoms with Gasteiger partial charge in [0.2, 0.25) is 0 Å². The van der Waals surface area contributed by atoms with E-state index in [1.807, 2.05) is 10.9 Å². The summed E-state index contributed by atoms with van der Waals surface area (Å²) in [6, 6.07) is 0.139. The number of ether oxygens (including phenoxy) is 2. The van der Waals surface area contributed by atoms with E-state index in [9.17, 15) is 4.39 Å². The Kier molecular flexibility index (Phi) is 5.41. The summed E-state index contributed by atoms with van der Waals surface area (Å²) in [5.74, 6) is 2.28. The summed E-state index contributed by atoms with van der Waals surface area (Å²) in [7, 11) is 1.66. The fraction of sp³-hybridized carbons (Fsp3) is 0.714. The van der Waals surface area contributed by atoms with Crippen LogP contribution in [0.1, 0.15) is 43.2 Å². The van der Waals surface area contributed by atoms with Crippen LogP contribution in [0.4, 0.5) is 10.2 Å². The highest BCUT2D eigenvalue weighted by molar-refractivity contribution is 5.41. The average molecular weight is 417 g/mol. The summed E-state index contributed by atoms with van der Waals surface area (Å²) < 4.78 is 27.9. The second-order valence-electron chi connectivity index (χ2n) is 8.99. The maximum atomic E-state index is 14.4. The number of hydrogen-bond donors (Lipinski definition) is 0. The molecular weight excluding hydrogens is 387 g/mol. The van der Waals surface area contributed by atoms with Crippen LogP contribution in [0.3, 0.4) is 0 Å². The van der Waals surface area contributed by atoms with Crippen LogP contribution in [-0.2, 0) is 16.1 Å². The lowest BCUT2D eigenvalue weighted by Crippen LogP contribution is -2.38. The second-order valence-corrected chi connectivity index (χ2v) is 8.99. The zero-order chi connectivity index (χ0) is 20.7. The van der Waals surface area contributed by atoms with E-state index >= 15 is 0 Å². The van der Waals surface area contributed by atoms with Gasteiger partial charge < -0.3 is 14.4 Å². The van der Waals surface area contributed by atoms with Crippen LogP contribution in [0.15, 0.2) is 12.4 Å². The van der Waals surface area contributed by atoms with E-state index in [4.69, 9.17) is 9.47 Å². The number of fused-ring (bicyclic) bond motifs is 1. The summed E-state index contributed by atoms with van der Waals surface area (Å²) in [6.07, 6.45) is 7.77. The van der Waals surface area contributed by atoms with Gasteiger partial charge in [-0.2, -0.15) is 0 Å². The van der Waals surface area contributed by atoms with Gasteiger partial charge in [-0.25, -0.2) is 19.0 Å². The summed E-state index contributed by atoms with van der Waals surface area (Å²) in [5.41, 5.74) is 0.826. The Morgan fingerprint density at radius 2 is 2.00 bits per heavy atom. The highest BCUT2D eigenvalue weighted by Gasteiger charge is 2.45. The molecule has 162 valence electrons. The maximum absolute atomic E-state index is 14.4. The van der Waals surface area contributed by atoms with Gasteiger partial charge in [0.05, 0.1) is 31.1 Å². The minimum absolute atomic E-state index is 0.0980. The molecule has 30 heavy (non-hydrogen) atoms. The lowest BCUT2D eigenvalue weighted by molar-refractivity contribution is -0.0375. The van der Waals surface area contributed by atoms with Gasteiger partial charge in [0.15, 0.2) is 11.6 Å². The SMILES string of the molecule is COCc1cn([C@@H]2C[C@@H]3CN(c4nc(C)ncc4F)C[C@@H]3C[C@H]2OCC2CC2)nn1. The number of methoxy groups -OCH3 is 1. The number of rotatable bonds is 7.